The van der Waals surface area contributed by atoms with Crippen LogP contribution in [0.2, 0.25) is 0 Å². The highest BCUT2D eigenvalue weighted by molar-refractivity contribution is 5.73. The number of aliphatic carboxylic acids is 1. The van der Waals surface area contributed by atoms with E-state index in [1.807, 2.05) is 0 Å². The number of carboxylic acid groups (broad SMARTS) is 1. The molecule has 0 spiro atoms. The average molecular weight is 219 g/mol. The predicted molar refractivity (Wildman–Crippen MR) is 47.5 cm³/mol. The van der Waals surface area contributed by atoms with E-state index in [-0.39, 0.29) is 12.0 Å². The largest absolute Gasteiger partial charge is 0.480 e. The van der Waals surface area contributed by atoms with Crippen molar-refractivity contribution in [3.05, 3.63) is 17.5 Å². The molecule has 0 fully saturated rings. The lowest BCUT2D eigenvalue weighted by Gasteiger charge is -2.05. The molecule has 0 radical (unpaired) electrons. The number of halogens is 2. The van der Waals surface area contributed by atoms with Crippen molar-refractivity contribution in [1.82, 2.24) is 9.78 Å². The number of hydrogen-bond donors (Lipinski definition) is 2. The van der Waals surface area contributed by atoms with Gasteiger partial charge in [0, 0.05) is 25.2 Å². The van der Waals surface area contributed by atoms with Crippen molar-refractivity contribution in [3.8, 4) is 0 Å². The lowest BCUT2D eigenvalue weighted by molar-refractivity contribution is -0.138. The molecule has 3 N–H and O–H groups in total. The molecule has 0 aliphatic rings. The molecular formula is C8H11F2N3O2. The van der Waals surface area contributed by atoms with Crippen molar-refractivity contribution in [1.29, 1.82) is 0 Å². The molecule has 1 aromatic heterocycles. The number of alkyl halides is 2. The van der Waals surface area contributed by atoms with Gasteiger partial charge in [0.25, 0.3) is 6.43 Å². The Hall–Kier alpha value is -1.50. The molecule has 0 bridgehead atoms. The normalized spacial score (nSPS) is 13.1. The number of carboxylic acids is 1. The molecule has 84 valence electrons. The van der Waals surface area contributed by atoms with E-state index in [2.05, 4.69) is 5.10 Å². The fourth-order valence-electron chi connectivity index (χ4n) is 1.22. The molecule has 0 saturated heterocycles. The van der Waals surface area contributed by atoms with E-state index in [9.17, 15) is 13.6 Å². The molecule has 1 rings (SSSR count). The number of carbonyl (C=O) groups is 1. The van der Waals surface area contributed by atoms with E-state index in [1.165, 1.54) is 17.9 Å². The van der Waals surface area contributed by atoms with Crippen LogP contribution in [0.3, 0.4) is 0 Å². The Labute approximate surface area is 84.5 Å². The van der Waals surface area contributed by atoms with E-state index >= 15 is 0 Å². The van der Waals surface area contributed by atoms with Crippen LogP contribution in [0.4, 0.5) is 8.78 Å². The van der Waals surface area contributed by atoms with Crippen molar-refractivity contribution in [2.75, 3.05) is 0 Å². The maximum atomic E-state index is 12.4. The quantitative estimate of drug-likeness (QED) is 0.763. The highest BCUT2D eigenvalue weighted by Crippen LogP contribution is 2.21. The van der Waals surface area contributed by atoms with Gasteiger partial charge in [0.15, 0.2) is 0 Å². The standard InChI is InChI=1S/C8H11F2N3O2/c1-13-3-4(2-5(11)8(14)15)6(12-13)7(9)10/h3,5,7H,2,11H2,1H3,(H,14,15). The van der Waals surface area contributed by atoms with Crippen LogP contribution in [0.15, 0.2) is 6.20 Å². The number of nitrogens with zero attached hydrogens (tertiary/aromatic N) is 2. The first kappa shape index (κ1) is 11.6. The average Bonchev–Trinajstić information content (AvgIpc) is 2.46. The van der Waals surface area contributed by atoms with Gasteiger partial charge in [-0.05, 0) is 0 Å². The smallest absolute Gasteiger partial charge is 0.320 e. The van der Waals surface area contributed by atoms with Gasteiger partial charge in [-0.25, -0.2) is 8.78 Å². The molecule has 1 heterocycles. The zero-order chi connectivity index (χ0) is 11.6. The minimum atomic E-state index is -2.72. The van der Waals surface area contributed by atoms with E-state index in [0.29, 0.717) is 0 Å². The van der Waals surface area contributed by atoms with Crippen LogP contribution in [0, 0.1) is 0 Å². The van der Waals surface area contributed by atoms with Crippen LogP contribution >= 0.6 is 0 Å². The predicted octanol–water partition coefficient (Wildman–Crippen LogP) is 0.312. The van der Waals surface area contributed by atoms with Crippen molar-refractivity contribution in [2.45, 2.75) is 18.9 Å². The summed E-state index contributed by atoms with van der Waals surface area (Å²) in [5.41, 5.74) is 5.01. The first-order chi connectivity index (χ1) is 6.91. The number of aromatic nitrogens is 2. The first-order valence-corrected chi connectivity index (χ1v) is 4.20. The van der Waals surface area contributed by atoms with E-state index in [0.717, 1.165) is 0 Å². The second-order valence-corrected chi connectivity index (χ2v) is 3.16. The third-order valence-electron chi connectivity index (χ3n) is 1.90. The Morgan fingerprint density at radius 1 is 1.73 bits per heavy atom. The van der Waals surface area contributed by atoms with Crippen molar-refractivity contribution in [2.24, 2.45) is 12.8 Å². The molecule has 0 saturated carbocycles. The first-order valence-electron chi connectivity index (χ1n) is 4.20. The topological polar surface area (TPSA) is 81.1 Å². The number of hydrogen-bond acceptors (Lipinski definition) is 3. The van der Waals surface area contributed by atoms with Gasteiger partial charge in [-0.2, -0.15) is 5.10 Å². The van der Waals surface area contributed by atoms with Crippen LogP contribution in [0.25, 0.3) is 0 Å². The van der Waals surface area contributed by atoms with Crippen molar-refractivity contribution < 1.29 is 18.7 Å². The summed E-state index contributed by atoms with van der Waals surface area (Å²) >= 11 is 0. The van der Waals surface area contributed by atoms with Gasteiger partial charge in [-0.1, -0.05) is 0 Å². The summed E-state index contributed by atoms with van der Waals surface area (Å²) in [6.07, 6.45) is -1.52. The Balaban J connectivity index is 2.88. The van der Waals surface area contributed by atoms with E-state index in [4.69, 9.17) is 10.8 Å². The van der Waals surface area contributed by atoms with Crippen LogP contribution in [-0.4, -0.2) is 26.9 Å². The van der Waals surface area contributed by atoms with Gasteiger partial charge >= 0.3 is 5.97 Å². The zero-order valence-corrected chi connectivity index (χ0v) is 8.02. The summed E-state index contributed by atoms with van der Waals surface area (Å²) in [5, 5.41) is 12.1. The van der Waals surface area contributed by atoms with Crippen molar-refractivity contribution in [3.63, 3.8) is 0 Å². The summed E-state index contributed by atoms with van der Waals surface area (Å²) in [6, 6.07) is -1.19. The molecule has 0 aliphatic heterocycles. The molecule has 5 nitrogen and oxygen atoms in total. The van der Waals surface area contributed by atoms with E-state index < -0.39 is 24.1 Å². The van der Waals surface area contributed by atoms with Gasteiger partial charge in [0.1, 0.15) is 11.7 Å². The lowest BCUT2D eigenvalue weighted by atomic mass is 10.1. The number of aryl methyl sites for hydroxylation is 1. The third kappa shape index (κ3) is 2.72. The number of rotatable bonds is 4. The van der Waals surface area contributed by atoms with Crippen LogP contribution in [-0.2, 0) is 18.3 Å². The summed E-state index contributed by atoms with van der Waals surface area (Å²) < 4.78 is 26.1. The molecule has 1 aromatic rings. The fourth-order valence-corrected chi connectivity index (χ4v) is 1.22. The second-order valence-electron chi connectivity index (χ2n) is 3.16. The minimum absolute atomic E-state index is 0.150. The van der Waals surface area contributed by atoms with Gasteiger partial charge in [0.05, 0.1) is 0 Å². The summed E-state index contributed by atoms with van der Waals surface area (Å²) in [5.74, 6) is -1.22. The molecule has 0 amide bonds. The molecular weight excluding hydrogens is 208 g/mol. The van der Waals surface area contributed by atoms with Gasteiger partial charge < -0.3 is 10.8 Å². The number of nitrogens with two attached hydrogens (primary N) is 1. The molecule has 1 atom stereocenters. The molecule has 15 heavy (non-hydrogen) atoms. The Kier molecular flexibility index (Phi) is 3.35. The fraction of sp³-hybridized carbons (Fsp3) is 0.500. The Bertz CT molecular complexity index is 365. The lowest BCUT2D eigenvalue weighted by Crippen LogP contribution is -2.32. The van der Waals surface area contributed by atoms with Gasteiger partial charge in [0.2, 0.25) is 0 Å². The maximum Gasteiger partial charge on any atom is 0.320 e. The molecule has 7 heteroatoms. The molecule has 0 aromatic carbocycles. The minimum Gasteiger partial charge on any atom is -0.480 e. The maximum absolute atomic E-state index is 12.4. The second kappa shape index (κ2) is 4.35. The van der Waals surface area contributed by atoms with Crippen LogP contribution < -0.4 is 5.73 Å². The SMILES string of the molecule is Cn1cc(CC(N)C(=O)O)c(C(F)F)n1. The van der Waals surface area contributed by atoms with Crippen molar-refractivity contribution >= 4 is 5.97 Å². The van der Waals surface area contributed by atoms with Gasteiger partial charge in [-0.3, -0.25) is 9.48 Å². The summed E-state index contributed by atoms with van der Waals surface area (Å²) in [7, 11) is 1.49. The highest BCUT2D eigenvalue weighted by Gasteiger charge is 2.21. The van der Waals surface area contributed by atoms with Crippen LogP contribution in [0.1, 0.15) is 17.7 Å². The zero-order valence-electron chi connectivity index (χ0n) is 8.02. The summed E-state index contributed by atoms with van der Waals surface area (Å²) in [6.45, 7) is 0. The molecule has 1 unspecified atom stereocenters. The highest BCUT2D eigenvalue weighted by atomic mass is 19.3. The van der Waals surface area contributed by atoms with Crippen LogP contribution in [0.5, 0.6) is 0 Å². The Morgan fingerprint density at radius 3 is 2.80 bits per heavy atom. The van der Waals surface area contributed by atoms with E-state index in [1.54, 1.807) is 0 Å². The summed E-state index contributed by atoms with van der Waals surface area (Å²) in [4.78, 5) is 10.5. The Morgan fingerprint density at radius 2 is 2.33 bits per heavy atom. The van der Waals surface area contributed by atoms with Gasteiger partial charge in [-0.15, -0.1) is 0 Å². The monoisotopic (exact) mass is 219 g/mol. The third-order valence-corrected chi connectivity index (χ3v) is 1.90. The molecule has 0 aliphatic carbocycles.